The van der Waals surface area contributed by atoms with Crippen LogP contribution in [0.3, 0.4) is 0 Å². The average Bonchev–Trinajstić information content (AvgIpc) is 3.52. The molecule has 1 saturated heterocycles. The lowest BCUT2D eigenvalue weighted by Crippen LogP contribution is -2.35. The van der Waals surface area contributed by atoms with E-state index in [-0.39, 0.29) is 24.2 Å². The standard InChI is InChI=1S/C29H33N9O2/c1-5-13-36-28(39)23-18-30-29(32-21-9-10-24-20(16-21)17-31-37(24)19(2)3)34-27(23)38(36)25-7-6-8-26(33-25)40-22-11-14-35(4)15-12-22/h5-10,16-19,22H,1,11-15H2,2-4H3,(H,30,32,34)/i4D3. The maximum absolute atomic E-state index is 13.4. The van der Waals surface area contributed by atoms with Crippen molar-refractivity contribution in [3.05, 3.63) is 71.8 Å². The van der Waals surface area contributed by atoms with Gasteiger partial charge in [-0.15, -0.1) is 6.58 Å². The molecule has 1 aliphatic heterocycles. The number of hydrogen-bond donors (Lipinski definition) is 1. The fourth-order valence-corrected chi connectivity index (χ4v) is 5.01. The molecule has 11 heteroatoms. The van der Waals surface area contributed by atoms with Crippen molar-refractivity contribution in [2.75, 3.05) is 25.4 Å². The minimum Gasteiger partial charge on any atom is -0.474 e. The van der Waals surface area contributed by atoms with Crippen molar-refractivity contribution >= 4 is 33.6 Å². The van der Waals surface area contributed by atoms with E-state index in [1.807, 2.05) is 29.1 Å². The molecule has 1 aliphatic rings. The van der Waals surface area contributed by atoms with Crippen LogP contribution in [0.15, 0.2) is 66.2 Å². The molecule has 0 unspecified atom stereocenters. The number of nitrogens with zero attached hydrogens (tertiary/aromatic N) is 8. The van der Waals surface area contributed by atoms with Crippen LogP contribution in [0.2, 0.25) is 0 Å². The van der Waals surface area contributed by atoms with Gasteiger partial charge < -0.3 is 15.0 Å². The first-order valence-corrected chi connectivity index (χ1v) is 13.4. The molecule has 1 fully saturated rings. The molecular formula is C29H33N9O2. The summed E-state index contributed by atoms with van der Waals surface area (Å²) in [5.74, 6) is 1.14. The molecule has 0 amide bonds. The van der Waals surface area contributed by atoms with E-state index in [0.29, 0.717) is 54.6 Å². The van der Waals surface area contributed by atoms with Gasteiger partial charge in [0.25, 0.3) is 5.56 Å². The third-order valence-corrected chi connectivity index (χ3v) is 6.97. The molecule has 1 aromatic carbocycles. The Morgan fingerprint density at radius 1 is 1.20 bits per heavy atom. The highest BCUT2D eigenvalue weighted by atomic mass is 16.5. The van der Waals surface area contributed by atoms with Gasteiger partial charge in [-0.1, -0.05) is 12.1 Å². The molecule has 4 aromatic heterocycles. The predicted molar refractivity (Wildman–Crippen MR) is 156 cm³/mol. The van der Waals surface area contributed by atoms with Crippen LogP contribution in [-0.2, 0) is 6.54 Å². The zero-order valence-electron chi connectivity index (χ0n) is 25.5. The Morgan fingerprint density at radius 3 is 2.83 bits per heavy atom. The van der Waals surface area contributed by atoms with Crippen LogP contribution in [0.5, 0.6) is 5.88 Å². The molecule has 1 N–H and O–H groups in total. The van der Waals surface area contributed by atoms with Gasteiger partial charge >= 0.3 is 0 Å². The SMILES string of the molecule is [2H]C([2H])([2H])N1CCC(Oc2cccc(-n3c4nc(Nc5ccc6c(cnn6C(C)C)c5)ncc4c(=O)n3CC=C)n2)CC1. The maximum atomic E-state index is 13.4. The first-order chi connectivity index (χ1) is 20.6. The highest BCUT2D eigenvalue weighted by Gasteiger charge is 2.21. The number of nitrogens with one attached hydrogen (secondary N) is 1. The van der Waals surface area contributed by atoms with Gasteiger partial charge in [0, 0.05) is 46.6 Å². The van der Waals surface area contributed by atoms with E-state index in [1.165, 1.54) is 15.8 Å². The van der Waals surface area contributed by atoms with E-state index in [2.05, 4.69) is 35.8 Å². The molecule has 40 heavy (non-hydrogen) atoms. The molecule has 0 aliphatic carbocycles. The number of fused-ring (bicyclic) bond motifs is 2. The monoisotopic (exact) mass is 542 g/mol. The number of allylic oxidation sites excluding steroid dienone is 1. The summed E-state index contributed by atoms with van der Waals surface area (Å²) in [5.41, 5.74) is 1.93. The summed E-state index contributed by atoms with van der Waals surface area (Å²) in [6.07, 6.45) is 5.96. The highest BCUT2D eigenvalue weighted by molar-refractivity contribution is 5.84. The fourth-order valence-electron chi connectivity index (χ4n) is 5.01. The Balaban J connectivity index is 1.31. The van der Waals surface area contributed by atoms with Crippen LogP contribution in [0.1, 0.15) is 36.8 Å². The summed E-state index contributed by atoms with van der Waals surface area (Å²) in [7, 11) is 0. The van der Waals surface area contributed by atoms with Gasteiger partial charge in [0.05, 0.1) is 18.3 Å². The number of pyridine rings is 1. The van der Waals surface area contributed by atoms with E-state index >= 15 is 0 Å². The summed E-state index contributed by atoms with van der Waals surface area (Å²) in [6, 6.07) is 11.5. The number of aromatic nitrogens is 7. The Morgan fingerprint density at radius 2 is 2.05 bits per heavy atom. The third kappa shape index (κ3) is 4.84. The Hall–Kier alpha value is -4.51. The average molecular weight is 543 g/mol. The summed E-state index contributed by atoms with van der Waals surface area (Å²) in [5, 5.41) is 9.06. The minimum absolute atomic E-state index is 0.166. The molecule has 0 saturated carbocycles. The molecular weight excluding hydrogens is 506 g/mol. The van der Waals surface area contributed by atoms with Crippen LogP contribution in [0, 0.1) is 0 Å². The lowest BCUT2D eigenvalue weighted by atomic mass is 10.1. The molecule has 0 spiro atoms. The molecule has 0 atom stereocenters. The Labute approximate surface area is 235 Å². The van der Waals surface area contributed by atoms with E-state index in [0.717, 1.165) is 16.6 Å². The lowest BCUT2D eigenvalue weighted by molar-refractivity contribution is 0.110. The number of piperidine rings is 1. The van der Waals surface area contributed by atoms with Gasteiger partial charge in [-0.3, -0.25) is 9.48 Å². The first-order valence-electron chi connectivity index (χ1n) is 14.9. The van der Waals surface area contributed by atoms with Crippen LogP contribution >= 0.6 is 0 Å². The molecule has 0 bridgehead atoms. The zero-order chi connectivity index (χ0) is 30.3. The molecule has 11 nitrogen and oxygen atoms in total. The van der Waals surface area contributed by atoms with E-state index < -0.39 is 6.98 Å². The molecule has 5 aromatic rings. The van der Waals surface area contributed by atoms with Crippen molar-refractivity contribution in [3.63, 3.8) is 0 Å². The van der Waals surface area contributed by atoms with Gasteiger partial charge in [-0.25, -0.2) is 14.3 Å². The van der Waals surface area contributed by atoms with Gasteiger partial charge in [-0.05, 0) is 57.9 Å². The highest BCUT2D eigenvalue weighted by Crippen LogP contribution is 2.25. The maximum Gasteiger partial charge on any atom is 0.278 e. The van der Waals surface area contributed by atoms with Crippen LogP contribution in [0.4, 0.5) is 11.6 Å². The van der Waals surface area contributed by atoms with Gasteiger partial charge in [0.15, 0.2) is 11.5 Å². The lowest BCUT2D eigenvalue weighted by Gasteiger charge is -2.29. The second-order valence-electron chi connectivity index (χ2n) is 10.1. The number of anilines is 2. The summed E-state index contributed by atoms with van der Waals surface area (Å²) < 4.78 is 34.2. The number of rotatable bonds is 8. The number of benzene rings is 1. The normalized spacial score (nSPS) is 16.2. The smallest absolute Gasteiger partial charge is 0.278 e. The van der Waals surface area contributed by atoms with Gasteiger partial charge in [0.2, 0.25) is 11.8 Å². The minimum atomic E-state index is -2.10. The van der Waals surface area contributed by atoms with Crippen LogP contribution in [-0.4, -0.2) is 65.2 Å². The molecule has 5 heterocycles. The number of hydrogen-bond acceptors (Lipinski definition) is 8. The number of ether oxygens (including phenoxy) is 1. The molecule has 6 rings (SSSR count). The third-order valence-electron chi connectivity index (χ3n) is 6.97. The largest absolute Gasteiger partial charge is 0.474 e. The first kappa shape index (κ1) is 22.3. The summed E-state index contributed by atoms with van der Waals surface area (Å²) in [6.45, 7) is 6.95. The Bertz CT molecular complexity index is 1850. The second-order valence-corrected chi connectivity index (χ2v) is 10.1. The van der Waals surface area contributed by atoms with Crippen molar-refractivity contribution in [1.29, 1.82) is 0 Å². The van der Waals surface area contributed by atoms with Crippen molar-refractivity contribution in [2.45, 2.75) is 45.4 Å². The van der Waals surface area contributed by atoms with Gasteiger partial charge in [0.1, 0.15) is 11.5 Å². The predicted octanol–water partition coefficient (Wildman–Crippen LogP) is 4.31. The van der Waals surface area contributed by atoms with E-state index in [9.17, 15) is 4.79 Å². The molecule has 206 valence electrons. The van der Waals surface area contributed by atoms with Crippen molar-refractivity contribution in [3.8, 4) is 11.7 Å². The topological polar surface area (TPSA) is 108 Å². The Kier molecular flexibility index (Phi) is 5.90. The fraction of sp³-hybridized carbons (Fsp3) is 0.345. The quantitative estimate of drug-likeness (QED) is 0.289. The van der Waals surface area contributed by atoms with Crippen LogP contribution < -0.4 is 15.6 Å². The number of likely N-dealkylation sites (tertiary alicyclic amines) is 1. The van der Waals surface area contributed by atoms with Crippen LogP contribution in [0.25, 0.3) is 27.8 Å². The van der Waals surface area contributed by atoms with Crippen molar-refractivity contribution < 1.29 is 8.85 Å². The van der Waals surface area contributed by atoms with E-state index in [4.69, 9.17) is 18.8 Å². The zero-order valence-corrected chi connectivity index (χ0v) is 22.5. The van der Waals surface area contributed by atoms with Gasteiger partial charge in [-0.2, -0.15) is 15.1 Å². The van der Waals surface area contributed by atoms with E-state index in [1.54, 1.807) is 29.0 Å². The summed E-state index contributed by atoms with van der Waals surface area (Å²) in [4.78, 5) is 28.7. The van der Waals surface area contributed by atoms with Crippen molar-refractivity contribution in [2.24, 2.45) is 0 Å². The second kappa shape index (κ2) is 10.6. The van der Waals surface area contributed by atoms with Crippen molar-refractivity contribution in [1.82, 2.24) is 39.0 Å². The molecule has 0 radical (unpaired) electrons. The summed E-state index contributed by atoms with van der Waals surface area (Å²) >= 11 is 0.